The number of ether oxygens (including phenoxy) is 1. The predicted molar refractivity (Wildman–Crippen MR) is 68.6 cm³/mol. The number of hydrogen-bond acceptors (Lipinski definition) is 6. The Morgan fingerprint density at radius 1 is 1.25 bits per heavy atom. The Labute approximate surface area is 113 Å². The zero-order valence-electron chi connectivity index (χ0n) is 10.9. The van der Waals surface area contributed by atoms with Gasteiger partial charge in [-0.05, 0) is 6.92 Å². The molecule has 0 radical (unpaired) electrons. The van der Waals surface area contributed by atoms with Gasteiger partial charge in [0.05, 0.1) is 28.1 Å². The molecule has 0 bridgehead atoms. The number of benzene rings is 1. The van der Waals surface area contributed by atoms with Gasteiger partial charge < -0.3 is 10.1 Å². The average molecular weight is 283 g/mol. The van der Waals surface area contributed by atoms with Gasteiger partial charge in [0.1, 0.15) is 0 Å². The van der Waals surface area contributed by atoms with Crippen LogP contribution in [0.1, 0.15) is 17.3 Å². The largest absolute Gasteiger partial charge is 0.383 e. The van der Waals surface area contributed by atoms with E-state index in [-0.39, 0.29) is 18.2 Å². The zero-order chi connectivity index (χ0) is 15.3. The standard InChI is InChI=1S/C11H13N3O6/c1-7(6-20-2)12-11(15)8-3-9(13(16)17)5-10(4-8)14(18)19/h3-5,7H,6H2,1-2H3,(H,12,15)/t7-/m1/s1. The molecule has 0 fully saturated rings. The average Bonchev–Trinajstić information content (AvgIpc) is 2.38. The van der Waals surface area contributed by atoms with E-state index in [4.69, 9.17) is 4.74 Å². The van der Waals surface area contributed by atoms with Crippen LogP contribution >= 0.6 is 0 Å². The first-order valence-corrected chi connectivity index (χ1v) is 5.58. The van der Waals surface area contributed by atoms with E-state index in [0.29, 0.717) is 0 Å². The number of nitrogens with zero attached hydrogens (tertiary/aromatic N) is 2. The summed E-state index contributed by atoms with van der Waals surface area (Å²) in [5, 5.41) is 23.9. The highest BCUT2D eigenvalue weighted by Crippen LogP contribution is 2.22. The molecule has 0 aliphatic carbocycles. The highest BCUT2D eigenvalue weighted by Gasteiger charge is 2.20. The summed E-state index contributed by atoms with van der Waals surface area (Å²) in [6, 6.07) is 2.45. The minimum absolute atomic E-state index is 0.145. The number of rotatable bonds is 6. The van der Waals surface area contributed by atoms with Crippen molar-refractivity contribution in [3.63, 3.8) is 0 Å². The molecule has 1 rings (SSSR count). The predicted octanol–water partition coefficient (Wildman–Crippen LogP) is 1.27. The van der Waals surface area contributed by atoms with Crippen LogP contribution in [0.3, 0.4) is 0 Å². The lowest BCUT2D eigenvalue weighted by molar-refractivity contribution is -0.394. The number of carbonyl (C=O) groups is 1. The van der Waals surface area contributed by atoms with Crippen LogP contribution in [0.2, 0.25) is 0 Å². The van der Waals surface area contributed by atoms with Crippen LogP contribution in [-0.4, -0.2) is 35.5 Å². The van der Waals surface area contributed by atoms with E-state index in [1.54, 1.807) is 6.92 Å². The number of methoxy groups -OCH3 is 1. The van der Waals surface area contributed by atoms with Crippen molar-refractivity contribution >= 4 is 17.3 Å². The summed E-state index contributed by atoms with van der Waals surface area (Å²) in [7, 11) is 1.46. The number of nitro benzene ring substituents is 2. The summed E-state index contributed by atoms with van der Waals surface area (Å²) in [6.45, 7) is 1.93. The van der Waals surface area contributed by atoms with Crippen LogP contribution < -0.4 is 5.32 Å². The normalized spacial score (nSPS) is 11.7. The maximum atomic E-state index is 11.9. The SMILES string of the molecule is COC[C@@H](C)NC(=O)c1cc([N+](=O)[O-])cc([N+](=O)[O-])c1. The van der Waals surface area contributed by atoms with Crippen LogP contribution in [0.5, 0.6) is 0 Å². The summed E-state index contributed by atoms with van der Waals surface area (Å²) >= 11 is 0. The molecule has 20 heavy (non-hydrogen) atoms. The third kappa shape index (κ3) is 3.99. The van der Waals surface area contributed by atoms with Crippen molar-refractivity contribution < 1.29 is 19.4 Å². The molecule has 1 amide bonds. The van der Waals surface area contributed by atoms with Crippen molar-refractivity contribution in [2.24, 2.45) is 0 Å². The minimum atomic E-state index is -0.789. The van der Waals surface area contributed by atoms with Gasteiger partial charge in [0.2, 0.25) is 0 Å². The molecule has 9 nitrogen and oxygen atoms in total. The van der Waals surface area contributed by atoms with E-state index in [0.717, 1.165) is 18.2 Å². The van der Waals surface area contributed by atoms with Gasteiger partial charge in [-0.3, -0.25) is 25.0 Å². The summed E-state index contributed by atoms with van der Waals surface area (Å²) in [6.07, 6.45) is 0. The molecule has 0 unspecified atom stereocenters. The Morgan fingerprint density at radius 2 is 1.75 bits per heavy atom. The quantitative estimate of drug-likeness (QED) is 0.619. The molecule has 1 atom stereocenters. The topological polar surface area (TPSA) is 125 Å². The number of nitro groups is 2. The summed E-state index contributed by atoms with van der Waals surface area (Å²) < 4.78 is 4.83. The highest BCUT2D eigenvalue weighted by atomic mass is 16.6. The lowest BCUT2D eigenvalue weighted by atomic mass is 10.1. The molecular formula is C11H13N3O6. The second-order valence-corrected chi connectivity index (χ2v) is 4.08. The maximum absolute atomic E-state index is 11.9. The first-order chi connectivity index (χ1) is 9.35. The molecule has 0 saturated carbocycles. The van der Waals surface area contributed by atoms with E-state index >= 15 is 0 Å². The van der Waals surface area contributed by atoms with E-state index in [2.05, 4.69) is 5.32 Å². The summed E-state index contributed by atoms with van der Waals surface area (Å²) in [5.41, 5.74) is -1.17. The molecule has 1 N–H and O–H groups in total. The molecule has 0 heterocycles. The Bertz CT molecular complexity index is 513. The smallest absolute Gasteiger partial charge is 0.277 e. The van der Waals surface area contributed by atoms with Crippen LogP contribution in [0.4, 0.5) is 11.4 Å². The maximum Gasteiger partial charge on any atom is 0.277 e. The monoisotopic (exact) mass is 283 g/mol. The van der Waals surface area contributed by atoms with Crippen LogP contribution in [0, 0.1) is 20.2 Å². The second kappa shape index (κ2) is 6.57. The number of nitrogens with one attached hydrogen (secondary N) is 1. The van der Waals surface area contributed by atoms with Gasteiger partial charge in [0.15, 0.2) is 0 Å². The molecule has 0 saturated heterocycles. The van der Waals surface area contributed by atoms with Crippen molar-refractivity contribution in [2.45, 2.75) is 13.0 Å². The molecule has 0 spiro atoms. The van der Waals surface area contributed by atoms with Crippen molar-refractivity contribution in [1.82, 2.24) is 5.32 Å². The lowest BCUT2D eigenvalue weighted by Gasteiger charge is -2.12. The fourth-order valence-corrected chi connectivity index (χ4v) is 1.54. The Balaban J connectivity index is 3.07. The van der Waals surface area contributed by atoms with Gasteiger partial charge in [-0.2, -0.15) is 0 Å². The molecule has 9 heteroatoms. The van der Waals surface area contributed by atoms with Crippen molar-refractivity contribution in [2.75, 3.05) is 13.7 Å². The third-order valence-corrected chi connectivity index (χ3v) is 2.38. The number of non-ortho nitro benzene ring substituents is 2. The fraction of sp³-hybridized carbons (Fsp3) is 0.364. The Morgan fingerprint density at radius 3 is 2.15 bits per heavy atom. The number of hydrogen-bond donors (Lipinski definition) is 1. The summed E-state index contributed by atoms with van der Waals surface area (Å²) in [5.74, 6) is -0.638. The molecule has 108 valence electrons. The first-order valence-electron chi connectivity index (χ1n) is 5.58. The van der Waals surface area contributed by atoms with Crippen LogP contribution in [0.15, 0.2) is 18.2 Å². The van der Waals surface area contributed by atoms with Gasteiger partial charge >= 0.3 is 0 Å². The molecule has 1 aromatic rings. The Kier molecular flexibility index (Phi) is 5.09. The van der Waals surface area contributed by atoms with Gasteiger partial charge in [0, 0.05) is 25.3 Å². The molecule has 1 aromatic carbocycles. The zero-order valence-corrected chi connectivity index (χ0v) is 10.9. The van der Waals surface area contributed by atoms with Gasteiger partial charge in [-0.15, -0.1) is 0 Å². The summed E-state index contributed by atoms with van der Waals surface area (Å²) in [4.78, 5) is 31.7. The molecular weight excluding hydrogens is 270 g/mol. The van der Waals surface area contributed by atoms with Gasteiger partial charge in [0.25, 0.3) is 17.3 Å². The van der Waals surface area contributed by atoms with Gasteiger partial charge in [-0.1, -0.05) is 0 Å². The second-order valence-electron chi connectivity index (χ2n) is 4.08. The van der Waals surface area contributed by atoms with E-state index in [9.17, 15) is 25.0 Å². The van der Waals surface area contributed by atoms with E-state index in [1.165, 1.54) is 7.11 Å². The Hall–Kier alpha value is -2.55. The van der Waals surface area contributed by atoms with Crippen molar-refractivity contribution in [1.29, 1.82) is 0 Å². The lowest BCUT2D eigenvalue weighted by Crippen LogP contribution is -2.35. The number of amides is 1. The molecule has 0 aliphatic heterocycles. The van der Waals surface area contributed by atoms with E-state index < -0.39 is 27.1 Å². The highest BCUT2D eigenvalue weighted by molar-refractivity contribution is 5.95. The van der Waals surface area contributed by atoms with Crippen LogP contribution in [-0.2, 0) is 4.74 Å². The van der Waals surface area contributed by atoms with Gasteiger partial charge in [-0.25, -0.2) is 0 Å². The van der Waals surface area contributed by atoms with Crippen molar-refractivity contribution in [3.05, 3.63) is 44.0 Å². The van der Waals surface area contributed by atoms with Crippen LogP contribution in [0.25, 0.3) is 0 Å². The molecule has 0 aromatic heterocycles. The minimum Gasteiger partial charge on any atom is -0.383 e. The number of carbonyl (C=O) groups excluding carboxylic acids is 1. The fourth-order valence-electron chi connectivity index (χ4n) is 1.54. The van der Waals surface area contributed by atoms with E-state index in [1.807, 2.05) is 0 Å². The third-order valence-electron chi connectivity index (χ3n) is 2.38. The van der Waals surface area contributed by atoms with Crippen molar-refractivity contribution in [3.8, 4) is 0 Å². The molecule has 0 aliphatic rings. The first kappa shape index (κ1) is 15.5.